The lowest BCUT2D eigenvalue weighted by molar-refractivity contribution is 0.0508. The van der Waals surface area contributed by atoms with Gasteiger partial charge in [-0.2, -0.15) is 10.2 Å². The molecule has 4 heterocycles. The van der Waals surface area contributed by atoms with Gasteiger partial charge in [0.05, 0.1) is 30.3 Å². The van der Waals surface area contributed by atoms with E-state index >= 15 is 0 Å². The Morgan fingerprint density at radius 3 is 1.68 bits per heavy atom. The number of benzene rings is 3. The van der Waals surface area contributed by atoms with Crippen LogP contribution in [0.15, 0.2) is 114 Å². The Morgan fingerprint density at radius 2 is 1.15 bits per heavy atom. The predicted molar refractivity (Wildman–Crippen MR) is 228 cm³/mol. The summed E-state index contributed by atoms with van der Waals surface area (Å²) >= 11 is 2.98. The number of nitrogens with zero attached hydrogens (tertiary/aromatic N) is 7. The summed E-state index contributed by atoms with van der Waals surface area (Å²) < 4.78 is 12.6. The number of rotatable bonds is 10. The number of ether oxygens (including phenoxy) is 2. The second kappa shape index (κ2) is 17.4. The van der Waals surface area contributed by atoms with Crippen molar-refractivity contribution < 1.29 is 19.1 Å². The van der Waals surface area contributed by atoms with Crippen LogP contribution in [-0.2, 0) is 40.7 Å². The van der Waals surface area contributed by atoms with Gasteiger partial charge in [0.15, 0.2) is 16.0 Å². The molecule has 0 saturated heterocycles. The standard InChI is InChI=1S/C32H28N4O2S.C13H14N4O2S/c1-3-38-30(37)28-26-20-19-22-21-33-31(39-2)34-27(22)29(26)36(35-28)32(23-13-7-4-8-14-23,24-15-9-5-10-16-24)25-17-11-6-12-18-25;1-3-19-12(18)11-8-5-4-7-6-14-13(20-2)15-9(7)10(8)16-17-11/h4-18,21H,3,19-20H2,1-2H3;6H,3-5H2,1-2H3,(H,16,17). The van der Waals surface area contributed by atoms with Crippen molar-refractivity contribution in [3.05, 3.63) is 154 Å². The second-order valence-electron chi connectivity index (χ2n) is 13.7. The fourth-order valence-electron chi connectivity index (χ4n) is 7.89. The van der Waals surface area contributed by atoms with E-state index in [-0.39, 0.29) is 12.6 Å². The highest BCUT2D eigenvalue weighted by Crippen LogP contribution is 2.46. The van der Waals surface area contributed by atoms with Gasteiger partial charge in [-0.15, -0.1) is 0 Å². The van der Waals surface area contributed by atoms with E-state index in [1.807, 2.05) is 91.1 Å². The predicted octanol–water partition coefficient (Wildman–Crippen LogP) is 8.04. The van der Waals surface area contributed by atoms with Crippen molar-refractivity contribution >= 4 is 35.5 Å². The van der Waals surface area contributed by atoms with Gasteiger partial charge in [-0.3, -0.25) is 5.10 Å². The zero-order valence-corrected chi connectivity index (χ0v) is 34.8. The summed E-state index contributed by atoms with van der Waals surface area (Å²) in [4.78, 5) is 43.6. The summed E-state index contributed by atoms with van der Waals surface area (Å²) in [7, 11) is 0. The van der Waals surface area contributed by atoms with Crippen molar-refractivity contribution in [3.8, 4) is 22.8 Å². The zero-order valence-electron chi connectivity index (χ0n) is 33.1. The normalized spacial score (nSPS) is 12.5. The van der Waals surface area contributed by atoms with Crippen LogP contribution in [0.3, 0.4) is 0 Å². The van der Waals surface area contributed by atoms with E-state index in [1.54, 1.807) is 6.92 Å². The maximum absolute atomic E-state index is 13.4. The van der Waals surface area contributed by atoms with Crippen molar-refractivity contribution in [2.45, 2.75) is 55.4 Å². The Kier molecular flexibility index (Phi) is 11.7. The number of esters is 2. The van der Waals surface area contributed by atoms with Gasteiger partial charge in [0.25, 0.3) is 0 Å². The molecule has 14 heteroatoms. The van der Waals surface area contributed by atoms with Gasteiger partial charge in [-0.1, -0.05) is 115 Å². The quantitative estimate of drug-likeness (QED) is 0.0616. The van der Waals surface area contributed by atoms with Crippen LogP contribution in [0.25, 0.3) is 22.8 Å². The molecule has 298 valence electrons. The molecule has 1 N–H and O–H groups in total. The summed E-state index contributed by atoms with van der Waals surface area (Å²) in [6, 6.07) is 31.0. The summed E-state index contributed by atoms with van der Waals surface area (Å²) in [6.07, 6.45) is 10.6. The monoisotopic (exact) mass is 822 g/mol. The average Bonchev–Trinajstić information content (AvgIpc) is 3.91. The zero-order chi connectivity index (χ0) is 40.9. The van der Waals surface area contributed by atoms with E-state index in [9.17, 15) is 9.59 Å². The van der Waals surface area contributed by atoms with Crippen molar-refractivity contribution in [2.24, 2.45) is 0 Å². The molecule has 0 spiro atoms. The highest BCUT2D eigenvalue weighted by Gasteiger charge is 2.44. The third-order valence-electron chi connectivity index (χ3n) is 10.5. The van der Waals surface area contributed by atoms with Gasteiger partial charge in [0.1, 0.15) is 16.9 Å². The van der Waals surface area contributed by atoms with Gasteiger partial charge in [-0.05, 0) is 79.9 Å². The lowest BCUT2D eigenvalue weighted by atomic mass is 9.76. The van der Waals surface area contributed by atoms with Crippen molar-refractivity contribution in [2.75, 3.05) is 25.7 Å². The third kappa shape index (κ3) is 7.31. The molecule has 0 fully saturated rings. The van der Waals surface area contributed by atoms with Crippen molar-refractivity contribution in [3.63, 3.8) is 0 Å². The highest BCUT2D eigenvalue weighted by molar-refractivity contribution is 7.98. The van der Waals surface area contributed by atoms with Crippen LogP contribution in [-0.4, -0.2) is 77.6 Å². The molecule has 7 aromatic rings. The molecule has 0 unspecified atom stereocenters. The number of carbonyl (C=O) groups excluding carboxylic acids is 2. The number of carbonyl (C=O) groups is 2. The van der Waals surface area contributed by atoms with Crippen molar-refractivity contribution in [1.82, 2.24) is 39.9 Å². The first-order chi connectivity index (χ1) is 28.9. The summed E-state index contributed by atoms with van der Waals surface area (Å²) in [5.74, 6) is -0.776. The molecule has 0 saturated carbocycles. The number of fused-ring (bicyclic) bond motifs is 6. The van der Waals surface area contributed by atoms with Crippen LogP contribution in [0.4, 0.5) is 0 Å². The molecule has 0 atom stereocenters. The molecule has 0 aliphatic heterocycles. The van der Waals surface area contributed by atoms with Crippen LogP contribution in [0.1, 0.15) is 73.8 Å². The van der Waals surface area contributed by atoms with Gasteiger partial charge in [0.2, 0.25) is 0 Å². The molecular formula is C45H42N8O4S2. The second-order valence-corrected chi connectivity index (χ2v) is 15.3. The maximum Gasteiger partial charge on any atom is 0.359 e. The first-order valence-corrected chi connectivity index (χ1v) is 21.9. The van der Waals surface area contributed by atoms with Crippen LogP contribution < -0.4 is 0 Å². The molecule has 3 aromatic carbocycles. The first kappa shape index (κ1) is 39.7. The van der Waals surface area contributed by atoms with Gasteiger partial charge in [0, 0.05) is 23.5 Å². The van der Waals surface area contributed by atoms with Gasteiger partial charge in [-0.25, -0.2) is 34.2 Å². The fraction of sp³-hybridized carbons (Fsp3) is 0.244. The number of aromatic nitrogens is 8. The number of hydrogen-bond acceptors (Lipinski definition) is 12. The number of H-pyrrole nitrogens is 1. The summed E-state index contributed by atoms with van der Waals surface area (Å²) in [5, 5.41) is 13.6. The van der Waals surface area contributed by atoms with Crippen LogP contribution >= 0.6 is 23.5 Å². The van der Waals surface area contributed by atoms with E-state index < -0.39 is 11.5 Å². The molecule has 9 rings (SSSR count). The lowest BCUT2D eigenvalue weighted by Crippen LogP contribution is -2.39. The molecule has 0 amide bonds. The topological polar surface area (TPSA) is 151 Å². The summed E-state index contributed by atoms with van der Waals surface area (Å²) in [5.41, 5.74) is 10.0. The number of aromatic amines is 1. The SMILES string of the molecule is CCOC(=O)c1[nH]nc2c1CCc1cnc(SC)nc1-2.CCOC(=O)c1nn(C(c2ccccc2)(c2ccccc2)c2ccccc2)c2c1CCc1cnc(SC)nc1-2. The minimum absolute atomic E-state index is 0.275. The Balaban J connectivity index is 0.000000203. The Labute approximate surface area is 350 Å². The van der Waals surface area contributed by atoms with Gasteiger partial charge < -0.3 is 9.47 Å². The van der Waals surface area contributed by atoms with E-state index in [0.29, 0.717) is 34.7 Å². The van der Waals surface area contributed by atoms with E-state index in [2.05, 4.69) is 61.5 Å². The maximum atomic E-state index is 13.4. The van der Waals surface area contributed by atoms with Crippen LogP contribution in [0.5, 0.6) is 0 Å². The van der Waals surface area contributed by atoms with E-state index in [0.717, 1.165) is 81.0 Å². The molecule has 4 aromatic heterocycles. The molecular weight excluding hydrogens is 781 g/mol. The fourth-order valence-corrected chi connectivity index (χ4v) is 8.57. The first-order valence-electron chi connectivity index (χ1n) is 19.4. The molecule has 0 radical (unpaired) electrons. The van der Waals surface area contributed by atoms with E-state index in [1.165, 1.54) is 23.5 Å². The lowest BCUT2D eigenvalue weighted by Gasteiger charge is -2.38. The summed E-state index contributed by atoms with van der Waals surface area (Å²) in [6.45, 7) is 4.23. The minimum Gasteiger partial charge on any atom is -0.461 e. The molecule has 2 aliphatic rings. The van der Waals surface area contributed by atoms with Crippen molar-refractivity contribution in [1.29, 1.82) is 0 Å². The van der Waals surface area contributed by atoms with Gasteiger partial charge >= 0.3 is 11.9 Å². The third-order valence-corrected chi connectivity index (χ3v) is 11.6. The Hall–Kier alpha value is -6.12. The number of hydrogen-bond donors (Lipinski definition) is 1. The minimum atomic E-state index is -0.891. The smallest absolute Gasteiger partial charge is 0.359 e. The number of thioether (sulfide) groups is 2. The molecule has 12 nitrogen and oxygen atoms in total. The number of nitrogens with one attached hydrogen (secondary N) is 1. The average molecular weight is 823 g/mol. The molecule has 0 bridgehead atoms. The van der Waals surface area contributed by atoms with Crippen LogP contribution in [0.2, 0.25) is 0 Å². The van der Waals surface area contributed by atoms with E-state index in [4.69, 9.17) is 19.6 Å². The number of aryl methyl sites for hydroxylation is 2. The van der Waals surface area contributed by atoms with Crippen LogP contribution in [0, 0.1) is 0 Å². The largest absolute Gasteiger partial charge is 0.461 e. The Morgan fingerprint density at radius 1 is 0.661 bits per heavy atom. The highest BCUT2D eigenvalue weighted by atomic mass is 32.2. The Bertz CT molecular complexity index is 2520. The molecule has 2 aliphatic carbocycles. The molecule has 59 heavy (non-hydrogen) atoms.